The van der Waals surface area contributed by atoms with Gasteiger partial charge >= 0.3 is 0 Å². The van der Waals surface area contributed by atoms with Crippen LogP contribution in [0.5, 0.6) is 5.75 Å². The molecule has 2 aromatic carbocycles. The highest BCUT2D eigenvalue weighted by molar-refractivity contribution is 7.99. The van der Waals surface area contributed by atoms with Crippen LogP contribution in [0.1, 0.15) is 16.8 Å². The average molecular weight is 299 g/mol. The van der Waals surface area contributed by atoms with Crippen LogP contribution in [-0.2, 0) is 0 Å². The third-order valence-electron chi connectivity index (χ3n) is 3.52. The minimum atomic E-state index is 0.00222. The maximum Gasteiger partial charge on any atom is 0.262 e. The number of carbonyl (C=O) groups is 1. The number of rotatable bonds is 2. The number of ether oxygens (including phenoxy) is 1. The highest BCUT2D eigenvalue weighted by Crippen LogP contribution is 2.35. The average Bonchev–Trinajstić information content (AvgIpc) is 2.76. The van der Waals surface area contributed by atoms with Crippen molar-refractivity contribution in [2.45, 2.75) is 11.3 Å². The lowest BCUT2D eigenvalue weighted by atomic mass is 10.1. The van der Waals surface area contributed by atoms with E-state index in [1.807, 2.05) is 59.1 Å². The highest BCUT2D eigenvalue weighted by atomic mass is 32.2. The van der Waals surface area contributed by atoms with E-state index in [1.165, 1.54) is 4.90 Å². The van der Waals surface area contributed by atoms with E-state index < -0.39 is 0 Å². The van der Waals surface area contributed by atoms with Gasteiger partial charge in [-0.2, -0.15) is 0 Å². The maximum atomic E-state index is 12.9. The first-order valence-corrected chi connectivity index (χ1v) is 7.96. The number of hydrogen-bond donors (Lipinski definition) is 0. The Bertz CT molecular complexity index is 657. The van der Waals surface area contributed by atoms with Crippen LogP contribution in [0.25, 0.3) is 0 Å². The molecule has 1 amide bonds. The summed E-state index contributed by atoms with van der Waals surface area (Å²) in [5.74, 6) is 1.66. The Kier molecular flexibility index (Phi) is 4.15. The van der Waals surface area contributed by atoms with Crippen LogP contribution < -0.4 is 9.64 Å². The van der Waals surface area contributed by atoms with E-state index in [9.17, 15) is 4.79 Å². The quantitative estimate of drug-likeness (QED) is 0.844. The van der Waals surface area contributed by atoms with Crippen molar-refractivity contribution in [1.29, 1.82) is 0 Å². The molecule has 0 N–H and O–H groups in total. The lowest BCUT2D eigenvalue weighted by Crippen LogP contribution is -2.32. The molecular formula is C17H17NO2S. The second kappa shape index (κ2) is 6.22. The molecule has 3 nitrogen and oxygen atoms in total. The third kappa shape index (κ3) is 2.76. The number of anilines is 1. The van der Waals surface area contributed by atoms with Gasteiger partial charge in [0.1, 0.15) is 5.75 Å². The van der Waals surface area contributed by atoms with E-state index in [0.29, 0.717) is 11.3 Å². The number of benzene rings is 2. The van der Waals surface area contributed by atoms with Gasteiger partial charge in [0.25, 0.3) is 5.91 Å². The Morgan fingerprint density at radius 3 is 2.76 bits per heavy atom. The van der Waals surface area contributed by atoms with Crippen molar-refractivity contribution in [3.8, 4) is 5.75 Å². The first-order valence-electron chi connectivity index (χ1n) is 6.98. The summed E-state index contributed by atoms with van der Waals surface area (Å²) in [6.07, 6.45) is 0.986. The van der Waals surface area contributed by atoms with Gasteiger partial charge in [0.2, 0.25) is 0 Å². The molecule has 0 saturated carbocycles. The largest absolute Gasteiger partial charge is 0.496 e. The van der Waals surface area contributed by atoms with Gasteiger partial charge in [-0.3, -0.25) is 4.79 Å². The Morgan fingerprint density at radius 1 is 1.14 bits per heavy atom. The summed E-state index contributed by atoms with van der Waals surface area (Å²) in [5, 5.41) is 0. The molecule has 0 atom stereocenters. The molecule has 0 aliphatic carbocycles. The lowest BCUT2D eigenvalue weighted by Gasteiger charge is -2.23. The number of amides is 1. The number of para-hydroxylation sites is 2. The molecule has 0 fully saturated rings. The minimum Gasteiger partial charge on any atom is -0.496 e. The summed E-state index contributed by atoms with van der Waals surface area (Å²) in [5.41, 5.74) is 1.61. The van der Waals surface area contributed by atoms with Gasteiger partial charge in [-0.05, 0) is 36.4 Å². The van der Waals surface area contributed by atoms with Crippen molar-refractivity contribution in [2.24, 2.45) is 0 Å². The SMILES string of the molecule is COc1ccccc1C(=O)N1CCCSc2ccccc21. The molecule has 1 aliphatic rings. The Balaban J connectivity index is 2.01. The Labute approximate surface area is 128 Å². The van der Waals surface area contributed by atoms with E-state index in [1.54, 1.807) is 7.11 Å². The molecule has 1 aliphatic heterocycles. The summed E-state index contributed by atoms with van der Waals surface area (Å²) in [6, 6.07) is 15.5. The molecular weight excluding hydrogens is 282 g/mol. The van der Waals surface area contributed by atoms with E-state index >= 15 is 0 Å². The molecule has 2 aromatic rings. The molecule has 21 heavy (non-hydrogen) atoms. The minimum absolute atomic E-state index is 0.00222. The van der Waals surface area contributed by atoms with Gasteiger partial charge in [-0.1, -0.05) is 24.3 Å². The van der Waals surface area contributed by atoms with Gasteiger partial charge in [0.15, 0.2) is 0 Å². The standard InChI is InChI=1S/C17H17NO2S/c1-20-15-9-4-2-7-13(15)17(19)18-11-6-12-21-16-10-5-3-8-14(16)18/h2-5,7-10H,6,11-12H2,1H3. The highest BCUT2D eigenvalue weighted by Gasteiger charge is 2.24. The number of carbonyl (C=O) groups excluding carboxylic acids is 1. The molecule has 4 heteroatoms. The predicted octanol–water partition coefficient (Wildman–Crippen LogP) is 3.84. The van der Waals surface area contributed by atoms with E-state index in [0.717, 1.165) is 24.4 Å². The molecule has 0 unspecified atom stereocenters. The van der Waals surface area contributed by atoms with Gasteiger partial charge in [0.05, 0.1) is 18.4 Å². The van der Waals surface area contributed by atoms with Crippen molar-refractivity contribution < 1.29 is 9.53 Å². The normalized spacial score (nSPS) is 14.2. The summed E-state index contributed by atoms with van der Waals surface area (Å²) < 4.78 is 5.32. The summed E-state index contributed by atoms with van der Waals surface area (Å²) in [7, 11) is 1.60. The summed E-state index contributed by atoms with van der Waals surface area (Å²) >= 11 is 1.81. The van der Waals surface area contributed by atoms with Crippen LogP contribution in [0.2, 0.25) is 0 Å². The van der Waals surface area contributed by atoms with Crippen LogP contribution in [0.3, 0.4) is 0 Å². The predicted molar refractivity (Wildman–Crippen MR) is 86.5 cm³/mol. The Hall–Kier alpha value is -1.94. The molecule has 1 heterocycles. The van der Waals surface area contributed by atoms with Crippen molar-refractivity contribution in [1.82, 2.24) is 0 Å². The smallest absolute Gasteiger partial charge is 0.262 e. The molecule has 0 bridgehead atoms. The van der Waals surface area contributed by atoms with Crippen molar-refractivity contribution >= 4 is 23.4 Å². The first kappa shape index (κ1) is 14.0. The van der Waals surface area contributed by atoms with E-state index in [2.05, 4.69) is 6.07 Å². The number of nitrogens with zero attached hydrogens (tertiary/aromatic N) is 1. The molecule has 108 valence electrons. The van der Waals surface area contributed by atoms with E-state index in [-0.39, 0.29) is 5.91 Å². The van der Waals surface area contributed by atoms with Crippen molar-refractivity contribution in [2.75, 3.05) is 24.3 Å². The molecule has 3 rings (SSSR count). The topological polar surface area (TPSA) is 29.5 Å². The zero-order valence-electron chi connectivity index (χ0n) is 11.9. The van der Waals surface area contributed by atoms with Crippen LogP contribution in [-0.4, -0.2) is 25.3 Å². The summed E-state index contributed by atoms with van der Waals surface area (Å²) in [6.45, 7) is 0.737. The van der Waals surface area contributed by atoms with Gasteiger partial charge in [-0.25, -0.2) is 0 Å². The number of hydrogen-bond acceptors (Lipinski definition) is 3. The molecule has 0 spiro atoms. The maximum absolute atomic E-state index is 12.9. The second-order valence-corrected chi connectivity index (χ2v) is 5.96. The molecule has 0 aromatic heterocycles. The van der Waals surface area contributed by atoms with Crippen molar-refractivity contribution in [3.63, 3.8) is 0 Å². The fraction of sp³-hybridized carbons (Fsp3) is 0.235. The van der Waals surface area contributed by atoms with Gasteiger partial charge in [0, 0.05) is 11.4 Å². The molecule has 0 saturated heterocycles. The van der Waals surface area contributed by atoms with Crippen LogP contribution in [0, 0.1) is 0 Å². The molecule has 0 radical (unpaired) electrons. The fourth-order valence-electron chi connectivity index (χ4n) is 2.51. The lowest BCUT2D eigenvalue weighted by molar-refractivity contribution is 0.0984. The third-order valence-corrected chi connectivity index (χ3v) is 4.67. The zero-order valence-corrected chi connectivity index (χ0v) is 12.7. The first-order chi connectivity index (χ1) is 10.3. The second-order valence-electron chi connectivity index (χ2n) is 4.83. The number of fused-ring (bicyclic) bond motifs is 1. The van der Waals surface area contributed by atoms with Crippen LogP contribution >= 0.6 is 11.8 Å². The number of thioether (sulfide) groups is 1. The monoisotopic (exact) mass is 299 g/mol. The van der Waals surface area contributed by atoms with Gasteiger partial charge < -0.3 is 9.64 Å². The van der Waals surface area contributed by atoms with E-state index in [4.69, 9.17) is 4.74 Å². The number of methoxy groups -OCH3 is 1. The zero-order chi connectivity index (χ0) is 14.7. The summed E-state index contributed by atoms with van der Waals surface area (Å²) in [4.78, 5) is 16.0. The van der Waals surface area contributed by atoms with Crippen LogP contribution in [0.15, 0.2) is 53.4 Å². The Morgan fingerprint density at radius 2 is 1.90 bits per heavy atom. The van der Waals surface area contributed by atoms with Gasteiger partial charge in [-0.15, -0.1) is 11.8 Å². The van der Waals surface area contributed by atoms with Crippen LogP contribution in [0.4, 0.5) is 5.69 Å². The van der Waals surface area contributed by atoms with Crippen molar-refractivity contribution in [3.05, 3.63) is 54.1 Å². The fourth-order valence-corrected chi connectivity index (χ4v) is 3.50.